The Morgan fingerprint density at radius 3 is 2.70 bits per heavy atom. The highest BCUT2D eigenvalue weighted by Crippen LogP contribution is 2.21. The summed E-state index contributed by atoms with van der Waals surface area (Å²) in [4.78, 5) is 23.3. The molecule has 0 radical (unpaired) electrons. The molecular weight excluding hydrogens is 405 g/mol. The maximum atomic E-state index is 12.2. The lowest BCUT2D eigenvalue weighted by Gasteiger charge is -2.31. The molecule has 3 N–H and O–H groups in total. The van der Waals surface area contributed by atoms with Gasteiger partial charge in [0.15, 0.2) is 0 Å². The Bertz CT molecular complexity index is 702. The molecule has 3 rings (SSSR count). The number of amides is 1. The quantitative estimate of drug-likeness (QED) is 0.733. The normalized spacial score (nSPS) is 14.2. The maximum Gasteiger partial charge on any atom is 0.271 e. The summed E-state index contributed by atoms with van der Waals surface area (Å²) in [7, 11) is 0. The Morgan fingerprint density at radius 2 is 2.07 bits per heavy atom. The molecule has 1 aliphatic rings. The summed E-state index contributed by atoms with van der Waals surface area (Å²) < 4.78 is 0. The van der Waals surface area contributed by atoms with E-state index in [9.17, 15) is 4.79 Å². The van der Waals surface area contributed by atoms with Crippen molar-refractivity contribution in [2.24, 2.45) is 11.7 Å². The van der Waals surface area contributed by atoms with Gasteiger partial charge in [-0.3, -0.25) is 4.79 Å². The molecule has 9 heteroatoms. The summed E-state index contributed by atoms with van der Waals surface area (Å²) in [5, 5.41) is 5.57. The molecule has 1 saturated heterocycles. The molecule has 0 saturated carbocycles. The van der Waals surface area contributed by atoms with Crippen LogP contribution in [-0.4, -0.2) is 35.5 Å². The number of anilines is 1. The van der Waals surface area contributed by atoms with Gasteiger partial charge in [-0.1, -0.05) is 13.0 Å². The largest absolute Gasteiger partial charge is 0.357 e. The fraction of sp³-hybridized carbons (Fsp3) is 0.500. The van der Waals surface area contributed by atoms with E-state index < -0.39 is 0 Å². The fourth-order valence-electron chi connectivity index (χ4n) is 2.87. The molecule has 0 aromatic carbocycles. The van der Waals surface area contributed by atoms with E-state index in [0.29, 0.717) is 25.2 Å². The Hall–Kier alpha value is -1.41. The van der Waals surface area contributed by atoms with Crippen molar-refractivity contribution in [2.75, 3.05) is 24.5 Å². The van der Waals surface area contributed by atoms with Gasteiger partial charge in [0.1, 0.15) is 11.5 Å². The molecule has 2 aromatic heterocycles. The van der Waals surface area contributed by atoms with Crippen LogP contribution >= 0.6 is 36.2 Å². The molecule has 1 aliphatic heterocycles. The van der Waals surface area contributed by atoms with Crippen molar-refractivity contribution in [3.8, 4) is 0 Å². The van der Waals surface area contributed by atoms with Crippen LogP contribution in [0.25, 0.3) is 0 Å². The van der Waals surface area contributed by atoms with E-state index in [-0.39, 0.29) is 30.7 Å². The van der Waals surface area contributed by atoms with Crippen LogP contribution in [0.5, 0.6) is 0 Å². The first-order valence-electron chi connectivity index (χ1n) is 8.78. The lowest BCUT2D eigenvalue weighted by atomic mass is 9.99. The number of halogens is 2. The van der Waals surface area contributed by atoms with Crippen LogP contribution in [0.2, 0.25) is 0 Å². The number of aromatic nitrogens is 2. The molecule has 0 unspecified atom stereocenters. The smallest absolute Gasteiger partial charge is 0.271 e. The summed E-state index contributed by atoms with van der Waals surface area (Å²) >= 11 is 1.47. The maximum absolute atomic E-state index is 12.2. The number of thiazole rings is 1. The monoisotopic (exact) mass is 431 g/mol. The topological polar surface area (TPSA) is 84.1 Å². The number of nitrogens with zero attached hydrogens (tertiary/aromatic N) is 3. The highest BCUT2D eigenvalue weighted by atomic mass is 35.5. The van der Waals surface area contributed by atoms with Crippen LogP contribution in [0.15, 0.2) is 23.7 Å². The second-order valence-electron chi connectivity index (χ2n) is 6.54. The van der Waals surface area contributed by atoms with Gasteiger partial charge in [0.25, 0.3) is 5.91 Å². The van der Waals surface area contributed by atoms with E-state index in [1.54, 1.807) is 5.38 Å². The Balaban J connectivity index is 0.00000182. The summed E-state index contributed by atoms with van der Waals surface area (Å²) in [6.07, 6.45) is 4.99. The molecule has 2 aromatic rings. The van der Waals surface area contributed by atoms with Crippen molar-refractivity contribution in [1.29, 1.82) is 0 Å². The van der Waals surface area contributed by atoms with Crippen LogP contribution in [0.4, 0.5) is 5.82 Å². The van der Waals surface area contributed by atoms with E-state index in [1.165, 1.54) is 24.2 Å². The van der Waals surface area contributed by atoms with E-state index in [1.807, 2.05) is 18.3 Å². The van der Waals surface area contributed by atoms with E-state index >= 15 is 0 Å². The van der Waals surface area contributed by atoms with Gasteiger partial charge in [0.2, 0.25) is 0 Å². The van der Waals surface area contributed by atoms with Crippen molar-refractivity contribution in [3.63, 3.8) is 0 Å². The van der Waals surface area contributed by atoms with Gasteiger partial charge in [0, 0.05) is 37.6 Å². The average Bonchev–Trinajstić information content (AvgIpc) is 3.10. The first-order chi connectivity index (χ1) is 12.2. The Labute approximate surface area is 176 Å². The summed E-state index contributed by atoms with van der Waals surface area (Å²) in [5.41, 5.74) is 6.95. The van der Waals surface area contributed by atoms with Crippen LogP contribution in [0.1, 0.15) is 40.8 Å². The standard InChI is InChI=1S/C18H25N5OS.2ClH/c1-13-5-8-23(9-6-13)16-3-2-14(10-20-16)11-21-18(24)15-12-25-17(22-15)4-7-19;;/h2-3,10,12-13H,4-9,11,19H2,1H3,(H,21,24);2*1H. The molecule has 27 heavy (non-hydrogen) atoms. The number of piperidine rings is 1. The fourth-order valence-corrected chi connectivity index (χ4v) is 3.67. The molecule has 0 aliphatic carbocycles. The predicted molar refractivity (Wildman–Crippen MR) is 115 cm³/mol. The second-order valence-corrected chi connectivity index (χ2v) is 7.48. The molecule has 1 amide bonds. The van der Waals surface area contributed by atoms with Gasteiger partial charge in [-0.05, 0) is 36.9 Å². The number of hydrogen-bond acceptors (Lipinski definition) is 6. The van der Waals surface area contributed by atoms with Crippen LogP contribution in [-0.2, 0) is 13.0 Å². The summed E-state index contributed by atoms with van der Waals surface area (Å²) in [5.74, 6) is 1.67. The highest BCUT2D eigenvalue weighted by molar-refractivity contribution is 7.09. The van der Waals surface area contributed by atoms with E-state index in [0.717, 1.165) is 35.4 Å². The summed E-state index contributed by atoms with van der Waals surface area (Å²) in [6, 6.07) is 4.07. The molecule has 0 bridgehead atoms. The number of nitrogens with two attached hydrogens (primary N) is 1. The van der Waals surface area contributed by atoms with Crippen molar-refractivity contribution >= 4 is 47.9 Å². The molecule has 3 heterocycles. The average molecular weight is 432 g/mol. The zero-order chi connectivity index (χ0) is 17.6. The minimum Gasteiger partial charge on any atom is -0.357 e. The van der Waals surface area contributed by atoms with Gasteiger partial charge >= 0.3 is 0 Å². The highest BCUT2D eigenvalue weighted by Gasteiger charge is 2.16. The van der Waals surface area contributed by atoms with Gasteiger partial charge in [0.05, 0.1) is 5.01 Å². The van der Waals surface area contributed by atoms with Gasteiger partial charge in [-0.15, -0.1) is 36.2 Å². The van der Waals surface area contributed by atoms with Gasteiger partial charge < -0.3 is 16.0 Å². The van der Waals surface area contributed by atoms with Gasteiger partial charge in [-0.2, -0.15) is 0 Å². The number of carbonyl (C=O) groups excluding carboxylic acids is 1. The first-order valence-corrected chi connectivity index (χ1v) is 9.66. The number of pyridine rings is 1. The second kappa shape index (κ2) is 11.4. The SMILES string of the molecule is CC1CCN(c2ccc(CNC(=O)c3csc(CCN)n3)cn2)CC1.Cl.Cl. The van der Waals surface area contributed by atoms with E-state index in [4.69, 9.17) is 5.73 Å². The van der Waals surface area contributed by atoms with Gasteiger partial charge in [-0.25, -0.2) is 9.97 Å². The predicted octanol–water partition coefficient (Wildman–Crippen LogP) is 3.05. The molecule has 150 valence electrons. The van der Waals surface area contributed by atoms with Crippen LogP contribution in [0.3, 0.4) is 0 Å². The van der Waals surface area contributed by atoms with Crippen molar-refractivity contribution < 1.29 is 4.79 Å². The number of rotatable bonds is 6. The summed E-state index contributed by atoms with van der Waals surface area (Å²) in [6.45, 7) is 5.44. The molecule has 6 nitrogen and oxygen atoms in total. The number of carbonyl (C=O) groups is 1. The zero-order valence-corrected chi connectivity index (χ0v) is 17.8. The minimum absolute atomic E-state index is 0. The van der Waals surface area contributed by atoms with Crippen LogP contribution < -0.4 is 16.0 Å². The Kier molecular flexibility index (Phi) is 10.0. The third-order valence-corrected chi connectivity index (χ3v) is 5.42. The third kappa shape index (κ3) is 6.60. The molecule has 1 fully saturated rings. The number of hydrogen-bond donors (Lipinski definition) is 2. The molecule has 0 atom stereocenters. The Morgan fingerprint density at radius 1 is 1.33 bits per heavy atom. The lowest BCUT2D eigenvalue weighted by molar-refractivity contribution is 0.0946. The molecular formula is C18H27Cl2N5OS. The van der Waals surface area contributed by atoms with E-state index in [2.05, 4.69) is 27.1 Å². The first kappa shape index (κ1) is 23.6. The minimum atomic E-state index is -0.159. The van der Waals surface area contributed by atoms with Crippen LogP contribution in [0, 0.1) is 5.92 Å². The lowest BCUT2D eigenvalue weighted by Crippen LogP contribution is -2.33. The molecule has 0 spiro atoms. The number of nitrogens with one attached hydrogen (secondary N) is 1. The third-order valence-electron chi connectivity index (χ3n) is 4.51. The van der Waals surface area contributed by atoms with Crippen molar-refractivity contribution in [3.05, 3.63) is 40.0 Å². The zero-order valence-electron chi connectivity index (χ0n) is 15.4. The van der Waals surface area contributed by atoms with Crippen molar-refractivity contribution in [1.82, 2.24) is 15.3 Å². The van der Waals surface area contributed by atoms with Crippen molar-refractivity contribution in [2.45, 2.75) is 32.7 Å².